The largest absolute Gasteiger partial charge is 0.461 e. The van der Waals surface area contributed by atoms with E-state index >= 15 is 0 Å². The standard InChI is InChI=1S/C31H38O8/c1-16(2)15-18-20-24(34)28(3,4)27(36)29(5,6)26(20)39-31(38)22(18)23(33)21(25(35)30(31,7)37)19(32)14-13-17-11-9-8-10-12-17/h8-12,16,18,21-22,37-38H,13-15H2,1-7H3/t18-,21?,22+,30-,31-/m1/s1. The van der Waals surface area contributed by atoms with Crippen molar-refractivity contribution >= 4 is 28.9 Å². The molecule has 0 aromatic heterocycles. The van der Waals surface area contributed by atoms with Gasteiger partial charge in [-0.2, -0.15) is 0 Å². The molecule has 8 nitrogen and oxygen atoms in total. The molecule has 210 valence electrons. The van der Waals surface area contributed by atoms with Gasteiger partial charge >= 0.3 is 0 Å². The lowest BCUT2D eigenvalue weighted by Crippen LogP contribution is -2.75. The van der Waals surface area contributed by atoms with Crippen LogP contribution in [0.3, 0.4) is 0 Å². The van der Waals surface area contributed by atoms with Gasteiger partial charge in [0.1, 0.15) is 11.7 Å². The van der Waals surface area contributed by atoms with Crippen molar-refractivity contribution in [3.63, 3.8) is 0 Å². The van der Waals surface area contributed by atoms with E-state index in [0.717, 1.165) is 12.5 Å². The summed E-state index contributed by atoms with van der Waals surface area (Å²) in [7, 11) is 0. The van der Waals surface area contributed by atoms with Crippen LogP contribution in [0.1, 0.15) is 66.9 Å². The van der Waals surface area contributed by atoms with Crippen molar-refractivity contribution in [2.75, 3.05) is 0 Å². The van der Waals surface area contributed by atoms with Crippen LogP contribution in [-0.2, 0) is 35.1 Å². The van der Waals surface area contributed by atoms with E-state index in [1.54, 1.807) is 13.8 Å². The van der Waals surface area contributed by atoms with Crippen LogP contribution in [0.2, 0.25) is 0 Å². The average Bonchev–Trinajstić information content (AvgIpc) is 2.85. The molecule has 0 bridgehead atoms. The summed E-state index contributed by atoms with van der Waals surface area (Å²) in [5, 5.41) is 23.5. The number of ether oxygens (including phenoxy) is 1. The Labute approximate surface area is 228 Å². The van der Waals surface area contributed by atoms with Crippen molar-refractivity contribution in [3.8, 4) is 0 Å². The molecule has 1 fully saturated rings. The van der Waals surface area contributed by atoms with Crippen molar-refractivity contribution in [1.82, 2.24) is 0 Å². The quantitative estimate of drug-likeness (QED) is 0.528. The van der Waals surface area contributed by atoms with Crippen molar-refractivity contribution < 1.29 is 38.9 Å². The van der Waals surface area contributed by atoms with Gasteiger partial charge in [0.15, 0.2) is 34.5 Å². The Morgan fingerprint density at radius 1 is 0.949 bits per heavy atom. The maximum Gasteiger partial charge on any atom is 0.254 e. The van der Waals surface area contributed by atoms with Gasteiger partial charge in [-0.3, -0.25) is 24.0 Å². The van der Waals surface area contributed by atoms with Gasteiger partial charge in [-0.05, 0) is 58.9 Å². The minimum absolute atomic E-state index is 0.0784. The van der Waals surface area contributed by atoms with Gasteiger partial charge in [0.05, 0.1) is 16.7 Å². The second kappa shape index (κ2) is 9.30. The van der Waals surface area contributed by atoms with E-state index in [0.29, 0.717) is 0 Å². The first kappa shape index (κ1) is 29.0. The van der Waals surface area contributed by atoms with Gasteiger partial charge in [0.25, 0.3) is 5.79 Å². The molecule has 1 saturated carbocycles. The third-order valence-electron chi connectivity index (χ3n) is 8.79. The summed E-state index contributed by atoms with van der Waals surface area (Å²) in [6.45, 7) is 11.0. The number of hydrogen-bond donors (Lipinski definition) is 2. The first-order valence-corrected chi connectivity index (χ1v) is 13.5. The zero-order chi connectivity index (χ0) is 29.3. The minimum atomic E-state index is -2.77. The SMILES string of the molecule is CC(C)C[C@@H]1C2=C(O[C@]3(O)[C@@H]1C(=O)C(C(=O)CCc1ccccc1)C(=O)[C@@]3(C)O)C(C)(C)C(=O)C(C)(C)C2=O. The fraction of sp³-hybridized carbons (Fsp3) is 0.581. The number of carbonyl (C=O) groups is 5. The Hall–Kier alpha value is -2.97. The van der Waals surface area contributed by atoms with Crippen molar-refractivity contribution in [1.29, 1.82) is 0 Å². The molecule has 1 aliphatic heterocycles. The number of carbonyl (C=O) groups excluding carboxylic acids is 5. The average molecular weight is 539 g/mol. The summed E-state index contributed by atoms with van der Waals surface area (Å²) >= 11 is 0. The van der Waals surface area contributed by atoms with Gasteiger partial charge in [-0.15, -0.1) is 0 Å². The Morgan fingerprint density at radius 3 is 2.10 bits per heavy atom. The van der Waals surface area contributed by atoms with Crippen LogP contribution in [0.5, 0.6) is 0 Å². The van der Waals surface area contributed by atoms with E-state index in [2.05, 4.69) is 0 Å². The third-order valence-corrected chi connectivity index (χ3v) is 8.79. The molecule has 3 aliphatic rings. The van der Waals surface area contributed by atoms with E-state index in [4.69, 9.17) is 4.74 Å². The molecule has 8 heteroatoms. The Kier molecular flexibility index (Phi) is 6.92. The van der Waals surface area contributed by atoms with E-state index in [1.807, 2.05) is 44.2 Å². The van der Waals surface area contributed by atoms with Crippen LogP contribution < -0.4 is 0 Å². The third kappa shape index (κ3) is 4.14. The summed E-state index contributed by atoms with van der Waals surface area (Å²) in [4.78, 5) is 68.2. The number of Topliss-reactive ketones (excluding diaryl/α,β-unsaturated/α-hetero) is 5. The molecular weight excluding hydrogens is 500 g/mol. The fourth-order valence-corrected chi connectivity index (χ4v) is 6.62. The summed E-state index contributed by atoms with van der Waals surface area (Å²) in [5.74, 6) is -11.0. The zero-order valence-electron chi connectivity index (χ0n) is 23.7. The number of hydrogen-bond acceptors (Lipinski definition) is 8. The Balaban J connectivity index is 1.86. The van der Waals surface area contributed by atoms with Crippen LogP contribution in [0.4, 0.5) is 0 Å². The molecule has 2 aliphatic carbocycles. The van der Waals surface area contributed by atoms with E-state index in [-0.39, 0.29) is 36.5 Å². The molecule has 0 spiro atoms. The number of aliphatic hydroxyl groups is 2. The highest BCUT2D eigenvalue weighted by atomic mass is 16.6. The van der Waals surface area contributed by atoms with E-state index in [1.165, 1.54) is 13.8 Å². The van der Waals surface area contributed by atoms with Crippen molar-refractivity contribution in [2.45, 2.75) is 79.1 Å². The van der Waals surface area contributed by atoms with E-state index < -0.39 is 68.9 Å². The van der Waals surface area contributed by atoms with Crippen LogP contribution in [-0.4, -0.2) is 50.5 Å². The van der Waals surface area contributed by atoms with Gasteiger partial charge < -0.3 is 14.9 Å². The number of fused-ring (bicyclic) bond motifs is 1. The van der Waals surface area contributed by atoms with Crippen LogP contribution >= 0.6 is 0 Å². The van der Waals surface area contributed by atoms with Crippen LogP contribution in [0.15, 0.2) is 41.7 Å². The van der Waals surface area contributed by atoms with Crippen molar-refractivity contribution in [3.05, 3.63) is 47.2 Å². The molecular formula is C31H38O8. The van der Waals surface area contributed by atoms with Gasteiger partial charge in [-0.25, -0.2) is 0 Å². The lowest BCUT2D eigenvalue weighted by Gasteiger charge is -2.57. The first-order valence-electron chi connectivity index (χ1n) is 13.5. The smallest absolute Gasteiger partial charge is 0.254 e. The van der Waals surface area contributed by atoms with Crippen LogP contribution in [0, 0.1) is 34.5 Å². The first-order chi connectivity index (χ1) is 17.9. The molecule has 1 aromatic rings. The lowest BCUT2D eigenvalue weighted by atomic mass is 9.53. The highest BCUT2D eigenvalue weighted by Crippen LogP contribution is 2.58. The van der Waals surface area contributed by atoms with E-state index in [9.17, 15) is 34.2 Å². The maximum atomic E-state index is 14.1. The molecule has 0 radical (unpaired) electrons. The second-order valence-corrected chi connectivity index (χ2v) is 12.9. The summed E-state index contributed by atoms with van der Waals surface area (Å²) in [6, 6.07) is 9.12. The van der Waals surface area contributed by atoms with Gasteiger partial charge in [0.2, 0.25) is 0 Å². The predicted molar refractivity (Wildman–Crippen MR) is 141 cm³/mol. The summed E-state index contributed by atoms with van der Waals surface area (Å²) in [5.41, 5.74) is -4.51. The molecule has 1 heterocycles. The normalized spacial score (nSPS) is 33.5. The Morgan fingerprint density at radius 2 is 1.54 bits per heavy atom. The molecule has 4 rings (SSSR count). The lowest BCUT2D eigenvalue weighted by molar-refractivity contribution is -0.313. The number of aryl methyl sites for hydroxylation is 1. The van der Waals surface area contributed by atoms with Crippen molar-refractivity contribution in [2.24, 2.45) is 34.5 Å². The fourth-order valence-electron chi connectivity index (χ4n) is 6.62. The highest BCUT2D eigenvalue weighted by Gasteiger charge is 2.74. The number of benzene rings is 1. The van der Waals surface area contributed by atoms with Gasteiger partial charge in [-0.1, -0.05) is 44.2 Å². The van der Waals surface area contributed by atoms with Crippen LogP contribution in [0.25, 0.3) is 0 Å². The molecule has 0 amide bonds. The molecule has 1 aromatic carbocycles. The molecule has 0 saturated heterocycles. The monoisotopic (exact) mass is 538 g/mol. The predicted octanol–water partition coefficient (Wildman–Crippen LogP) is 3.16. The molecule has 1 unspecified atom stereocenters. The Bertz CT molecular complexity index is 1280. The number of allylic oxidation sites excluding steroid dienone is 2. The topological polar surface area (TPSA) is 135 Å². The molecule has 39 heavy (non-hydrogen) atoms. The summed E-state index contributed by atoms with van der Waals surface area (Å²) in [6.07, 6.45) is 0.394. The number of rotatable bonds is 6. The second-order valence-electron chi connectivity index (χ2n) is 12.9. The minimum Gasteiger partial charge on any atom is -0.461 e. The molecule has 5 atom stereocenters. The maximum absolute atomic E-state index is 14.1. The highest BCUT2D eigenvalue weighted by molar-refractivity contribution is 6.25. The van der Waals surface area contributed by atoms with Gasteiger partial charge in [0, 0.05) is 17.9 Å². The number of ketones is 5. The molecule has 2 N–H and O–H groups in total. The zero-order valence-corrected chi connectivity index (χ0v) is 23.7. The summed E-state index contributed by atoms with van der Waals surface area (Å²) < 4.78 is 5.95.